The number of carbonyl (C=O) groups is 3. The normalized spacial score (nSPS) is 11.8. The van der Waals surface area contributed by atoms with E-state index in [0.717, 1.165) is 24.8 Å². The minimum absolute atomic E-state index is 0.0213. The third-order valence-electron chi connectivity index (χ3n) is 4.30. The van der Waals surface area contributed by atoms with E-state index in [9.17, 15) is 27.6 Å². The van der Waals surface area contributed by atoms with Gasteiger partial charge in [0.1, 0.15) is 11.6 Å². The summed E-state index contributed by atoms with van der Waals surface area (Å²) in [5, 5.41) is 16.3. The summed E-state index contributed by atoms with van der Waals surface area (Å²) in [5.41, 5.74) is 5.94. The number of fused-ring (bicyclic) bond motifs is 1. The Kier molecular flexibility index (Phi) is 9.85. The highest BCUT2D eigenvalue weighted by atomic mass is 19.4. The zero-order chi connectivity index (χ0) is 25.3. The Labute approximate surface area is 185 Å². The van der Waals surface area contributed by atoms with Crippen LogP contribution in [0.4, 0.5) is 18.9 Å². The van der Waals surface area contributed by atoms with Crippen molar-refractivity contribution in [1.29, 1.82) is 0 Å². The van der Waals surface area contributed by atoms with Crippen molar-refractivity contribution in [2.75, 3.05) is 24.6 Å². The average Bonchev–Trinajstić information content (AvgIpc) is 2.73. The van der Waals surface area contributed by atoms with E-state index in [2.05, 4.69) is 4.90 Å². The van der Waals surface area contributed by atoms with Crippen LogP contribution in [-0.2, 0) is 14.3 Å². The van der Waals surface area contributed by atoms with E-state index in [1.807, 2.05) is 19.9 Å². The summed E-state index contributed by atoms with van der Waals surface area (Å²) >= 11 is 0. The van der Waals surface area contributed by atoms with Crippen molar-refractivity contribution in [2.45, 2.75) is 32.5 Å². The van der Waals surface area contributed by atoms with Gasteiger partial charge in [0.15, 0.2) is 0 Å². The topological polar surface area (TPSA) is 160 Å². The number of carbonyl (C=O) groups excluding carboxylic acids is 1. The minimum atomic E-state index is -5.08. The van der Waals surface area contributed by atoms with Crippen molar-refractivity contribution in [3.05, 3.63) is 40.2 Å². The third kappa shape index (κ3) is 8.11. The molecule has 1 heterocycles. The van der Waals surface area contributed by atoms with Crippen molar-refractivity contribution < 1.29 is 46.9 Å². The zero-order valence-electron chi connectivity index (χ0n) is 17.7. The first kappa shape index (κ1) is 27.4. The molecule has 13 heteroatoms. The number of ether oxygens (including phenoxy) is 1. The second-order valence-electron chi connectivity index (χ2n) is 6.50. The molecule has 1 aromatic heterocycles. The average molecular weight is 476 g/mol. The number of nitrogens with two attached hydrogens (primary N) is 1. The van der Waals surface area contributed by atoms with Crippen molar-refractivity contribution in [2.24, 2.45) is 5.73 Å². The van der Waals surface area contributed by atoms with Crippen LogP contribution in [0.1, 0.15) is 30.6 Å². The zero-order valence-corrected chi connectivity index (χ0v) is 17.7. The van der Waals surface area contributed by atoms with Crippen molar-refractivity contribution in [1.82, 2.24) is 0 Å². The quantitative estimate of drug-likeness (QED) is 0.381. The van der Waals surface area contributed by atoms with E-state index in [0.29, 0.717) is 5.39 Å². The Morgan fingerprint density at radius 3 is 2.21 bits per heavy atom. The number of nitrogens with zero attached hydrogens (tertiary/aromatic N) is 1. The molecule has 0 saturated carbocycles. The first-order valence-electron chi connectivity index (χ1n) is 9.60. The summed E-state index contributed by atoms with van der Waals surface area (Å²) in [4.78, 5) is 45.8. The molecule has 182 valence electrons. The van der Waals surface area contributed by atoms with Gasteiger partial charge in [0.05, 0.1) is 12.2 Å². The van der Waals surface area contributed by atoms with Crippen LogP contribution in [0.15, 0.2) is 33.5 Å². The smallest absolute Gasteiger partial charge is 0.480 e. The number of rotatable bonds is 8. The lowest BCUT2D eigenvalue weighted by Gasteiger charge is -2.21. The molecule has 33 heavy (non-hydrogen) atoms. The first-order valence-corrected chi connectivity index (χ1v) is 9.60. The van der Waals surface area contributed by atoms with Gasteiger partial charge in [0.2, 0.25) is 0 Å². The van der Waals surface area contributed by atoms with Gasteiger partial charge in [0.25, 0.3) is 0 Å². The van der Waals surface area contributed by atoms with Gasteiger partial charge < -0.3 is 30.0 Å². The molecule has 1 aromatic carbocycles. The molecule has 0 aliphatic rings. The van der Waals surface area contributed by atoms with Crippen LogP contribution in [-0.4, -0.2) is 60.0 Å². The number of hydrogen-bond acceptors (Lipinski definition) is 8. The van der Waals surface area contributed by atoms with Gasteiger partial charge in [0, 0.05) is 42.7 Å². The second-order valence-corrected chi connectivity index (χ2v) is 6.50. The van der Waals surface area contributed by atoms with Crippen molar-refractivity contribution in [3.63, 3.8) is 0 Å². The van der Waals surface area contributed by atoms with E-state index in [4.69, 9.17) is 29.9 Å². The molecular formula is C20H23F3N2O8. The number of carboxylic acid groups (broad SMARTS) is 2. The summed E-state index contributed by atoms with van der Waals surface area (Å²) in [7, 11) is 0. The van der Waals surface area contributed by atoms with Crippen LogP contribution in [0, 0.1) is 0 Å². The van der Waals surface area contributed by atoms with Gasteiger partial charge in [-0.25, -0.2) is 14.4 Å². The fourth-order valence-corrected chi connectivity index (χ4v) is 2.59. The first-order chi connectivity index (χ1) is 15.3. The summed E-state index contributed by atoms with van der Waals surface area (Å²) in [5.74, 6) is -4.65. The Bertz CT molecular complexity index is 1050. The van der Waals surface area contributed by atoms with Gasteiger partial charge in [-0.3, -0.25) is 4.79 Å². The molecule has 4 N–H and O–H groups in total. The van der Waals surface area contributed by atoms with E-state index in [-0.39, 0.29) is 24.2 Å². The highest BCUT2D eigenvalue weighted by Gasteiger charge is 2.38. The Hall–Kier alpha value is -3.61. The molecule has 1 unspecified atom stereocenters. The van der Waals surface area contributed by atoms with E-state index < -0.39 is 35.8 Å². The highest BCUT2D eigenvalue weighted by Crippen LogP contribution is 2.24. The molecule has 0 aliphatic carbocycles. The monoisotopic (exact) mass is 476 g/mol. The number of benzene rings is 1. The van der Waals surface area contributed by atoms with E-state index in [1.165, 1.54) is 0 Å². The van der Waals surface area contributed by atoms with E-state index >= 15 is 0 Å². The summed E-state index contributed by atoms with van der Waals surface area (Å²) < 4.78 is 42.0. The predicted molar refractivity (Wildman–Crippen MR) is 110 cm³/mol. The van der Waals surface area contributed by atoms with Crippen LogP contribution >= 0.6 is 0 Å². The maximum absolute atomic E-state index is 12.3. The fourth-order valence-electron chi connectivity index (χ4n) is 2.59. The molecule has 10 nitrogen and oxygen atoms in total. The minimum Gasteiger partial charge on any atom is -0.480 e. The molecule has 0 saturated heterocycles. The number of halogens is 3. The maximum atomic E-state index is 12.3. The van der Waals surface area contributed by atoms with Crippen LogP contribution in [0.5, 0.6) is 0 Å². The molecule has 0 amide bonds. The van der Waals surface area contributed by atoms with Gasteiger partial charge in [-0.15, -0.1) is 0 Å². The summed E-state index contributed by atoms with van der Waals surface area (Å²) in [6, 6.07) is 5.20. The fraction of sp³-hybridized carbons (Fsp3) is 0.400. The lowest BCUT2D eigenvalue weighted by molar-refractivity contribution is -0.192. The van der Waals surface area contributed by atoms with Gasteiger partial charge >= 0.3 is 29.7 Å². The van der Waals surface area contributed by atoms with Crippen molar-refractivity contribution in [3.8, 4) is 0 Å². The largest absolute Gasteiger partial charge is 0.490 e. The number of esters is 1. The Morgan fingerprint density at radius 1 is 1.15 bits per heavy atom. The highest BCUT2D eigenvalue weighted by molar-refractivity contribution is 6.03. The number of aliphatic carboxylic acids is 2. The number of alkyl halides is 3. The molecule has 0 spiro atoms. The van der Waals surface area contributed by atoms with Gasteiger partial charge in [-0.2, -0.15) is 13.2 Å². The standard InChI is InChI=1S/C18H22N2O6.C2HF3O2/c1-3-20(4-2)11-5-6-12-13(10-16(21)26-15(12)9-11)18(24)25-8-7-14(19)17(22)23;3-2(4,5)1(6)7/h5-6,9-10,14H,3-4,7-8,19H2,1-2H3,(H,22,23);(H,6,7). The number of anilines is 1. The van der Waals surface area contributed by atoms with E-state index in [1.54, 1.807) is 12.1 Å². The summed E-state index contributed by atoms with van der Waals surface area (Å²) in [6.07, 6.45) is -5.10. The third-order valence-corrected chi connectivity index (χ3v) is 4.30. The van der Waals surface area contributed by atoms with Crippen LogP contribution in [0.25, 0.3) is 11.0 Å². The molecule has 0 fully saturated rings. The lowest BCUT2D eigenvalue weighted by atomic mass is 10.1. The molecular weight excluding hydrogens is 453 g/mol. The van der Waals surface area contributed by atoms with Crippen molar-refractivity contribution >= 4 is 34.6 Å². The summed E-state index contributed by atoms with van der Waals surface area (Å²) in [6.45, 7) is 5.44. The van der Waals surface area contributed by atoms with Crippen LogP contribution < -0.4 is 16.3 Å². The SMILES string of the molecule is CCN(CC)c1ccc2c(C(=O)OCCC(N)C(=O)O)cc(=O)oc2c1.O=C(O)C(F)(F)F. The van der Waals surface area contributed by atoms with Gasteiger partial charge in [-0.1, -0.05) is 0 Å². The predicted octanol–water partition coefficient (Wildman–Crippen LogP) is 2.23. The molecule has 0 bridgehead atoms. The molecule has 1 atom stereocenters. The molecule has 2 rings (SSSR count). The maximum Gasteiger partial charge on any atom is 0.490 e. The molecule has 2 aromatic rings. The number of hydrogen-bond donors (Lipinski definition) is 3. The van der Waals surface area contributed by atoms with Gasteiger partial charge in [-0.05, 0) is 26.0 Å². The number of carboxylic acids is 2. The molecule has 0 aliphatic heterocycles. The lowest BCUT2D eigenvalue weighted by Crippen LogP contribution is -2.31. The van der Waals surface area contributed by atoms with Crippen LogP contribution in [0.2, 0.25) is 0 Å². The second kappa shape index (κ2) is 11.9. The Balaban J connectivity index is 0.000000675. The Morgan fingerprint density at radius 2 is 1.73 bits per heavy atom. The molecule has 0 radical (unpaired) electrons. The van der Waals surface area contributed by atoms with Crippen LogP contribution in [0.3, 0.4) is 0 Å².